The van der Waals surface area contributed by atoms with Crippen molar-refractivity contribution in [2.75, 3.05) is 5.73 Å². The van der Waals surface area contributed by atoms with Crippen LogP contribution in [0.4, 0.5) is 5.95 Å². The minimum Gasteiger partial charge on any atom is -0.368 e. The Balaban J connectivity index is 2.46. The van der Waals surface area contributed by atoms with Crippen molar-refractivity contribution in [3.63, 3.8) is 0 Å². The molecule has 0 saturated carbocycles. The van der Waals surface area contributed by atoms with Gasteiger partial charge in [-0.15, -0.1) is 16.4 Å². The normalized spacial score (nSPS) is 10.6. The van der Waals surface area contributed by atoms with E-state index in [0.29, 0.717) is 11.8 Å². The summed E-state index contributed by atoms with van der Waals surface area (Å²) in [5.74, 6) is 1.10. The van der Waals surface area contributed by atoms with Crippen LogP contribution in [0.5, 0.6) is 0 Å². The maximum atomic E-state index is 5.57. The van der Waals surface area contributed by atoms with Gasteiger partial charge < -0.3 is 5.73 Å². The molecule has 4 nitrogen and oxygen atoms in total. The molecule has 0 aliphatic carbocycles. The zero-order chi connectivity index (χ0) is 9.42. The number of nitrogens with zero attached hydrogens (tertiary/aromatic N) is 3. The van der Waals surface area contributed by atoms with Gasteiger partial charge in [-0.3, -0.25) is 0 Å². The molecule has 2 aromatic heterocycles. The van der Waals surface area contributed by atoms with Gasteiger partial charge in [0.25, 0.3) is 0 Å². The van der Waals surface area contributed by atoms with E-state index in [0.717, 1.165) is 9.35 Å². The number of nitrogen functional groups attached to an aromatic ring is 1. The van der Waals surface area contributed by atoms with Gasteiger partial charge in [-0.1, -0.05) is 0 Å². The Kier molecular flexibility index (Phi) is 2.09. The largest absolute Gasteiger partial charge is 0.368 e. The van der Waals surface area contributed by atoms with Crippen molar-refractivity contribution < 1.29 is 0 Å². The lowest BCUT2D eigenvalue weighted by atomic mass is 10.3. The molecule has 0 saturated heterocycles. The molecular formula is C7H7BrN4S. The van der Waals surface area contributed by atoms with E-state index in [4.69, 9.17) is 5.73 Å². The molecule has 0 atom stereocenters. The van der Waals surface area contributed by atoms with Crippen LogP contribution in [0, 0.1) is 0 Å². The summed E-state index contributed by atoms with van der Waals surface area (Å²) in [7, 11) is 1.77. The van der Waals surface area contributed by atoms with Crippen LogP contribution in [-0.2, 0) is 7.05 Å². The van der Waals surface area contributed by atoms with Gasteiger partial charge in [-0.25, -0.2) is 4.68 Å². The highest BCUT2D eigenvalue weighted by Crippen LogP contribution is 2.27. The van der Waals surface area contributed by atoms with E-state index in [9.17, 15) is 0 Å². The number of rotatable bonds is 1. The number of aryl methyl sites for hydroxylation is 1. The molecule has 2 rings (SSSR count). The Bertz CT molecular complexity index is 414. The highest BCUT2D eigenvalue weighted by molar-refractivity contribution is 9.11. The van der Waals surface area contributed by atoms with Crippen molar-refractivity contribution in [1.82, 2.24) is 14.8 Å². The van der Waals surface area contributed by atoms with Crippen molar-refractivity contribution in [1.29, 1.82) is 0 Å². The highest BCUT2D eigenvalue weighted by atomic mass is 79.9. The Morgan fingerprint density at radius 1 is 1.62 bits per heavy atom. The van der Waals surface area contributed by atoms with Gasteiger partial charge in [0.15, 0.2) is 5.82 Å². The highest BCUT2D eigenvalue weighted by Gasteiger charge is 2.07. The zero-order valence-corrected chi connectivity index (χ0v) is 9.26. The Labute approximate surface area is 87.5 Å². The lowest BCUT2D eigenvalue weighted by Crippen LogP contribution is -1.97. The lowest BCUT2D eigenvalue weighted by molar-refractivity contribution is 0.781. The third-order valence-electron chi connectivity index (χ3n) is 1.62. The molecule has 68 valence electrons. The number of thiophene rings is 1. The average Bonchev–Trinajstić information content (AvgIpc) is 2.61. The van der Waals surface area contributed by atoms with E-state index in [1.807, 2.05) is 11.4 Å². The van der Waals surface area contributed by atoms with Crippen molar-refractivity contribution in [3.8, 4) is 11.4 Å². The molecule has 13 heavy (non-hydrogen) atoms. The summed E-state index contributed by atoms with van der Waals surface area (Å²) in [5.41, 5.74) is 6.56. The van der Waals surface area contributed by atoms with E-state index in [1.54, 1.807) is 23.1 Å². The third kappa shape index (κ3) is 1.59. The molecular weight excluding hydrogens is 252 g/mol. The smallest absolute Gasteiger partial charge is 0.218 e. The van der Waals surface area contributed by atoms with Gasteiger partial charge in [-0.05, 0) is 22.0 Å². The predicted octanol–water partition coefficient (Wildman–Crippen LogP) is 1.89. The predicted molar refractivity (Wildman–Crippen MR) is 56.4 cm³/mol. The molecule has 2 heterocycles. The van der Waals surface area contributed by atoms with Crippen LogP contribution in [0.25, 0.3) is 11.4 Å². The minimum atomic E-state index is 0.428. The van der Waals surface area contributed by atoms with Crippen LogP contribution in [0.2, 0.25) is 0 Å². The molecule has 0 aliphatic rings. The molecule has 2 N–H and O–H groups in total. The Morgan fingerprint density at radius 3 is 2.85 bits per heavy atom. The molecule has 0 aromatic carbocycles. The molecule has 0 radical (unpaired) electrons. The van der Waals surface area contributed by atoms with Crippen LogP contribution in [0.1, 0.15) is 0 Å². The van der Waals surface area contributed by atoms with Crippen molar-refractivity contribution in [3.05, 3.63) is 15.2 Å². The first kappa shape index (κ1) is 8.71. The van der Waals surface area contributed by atoms with Gasteiger partial charge in [0.05, 0.1) is 3.79 Å². The van der Waals surface area contributed by atoms with Crippen LogP contribution in [-0.4, -0.2) is 14.8 Å². The summed E-state index contributed by atoms with van der Waals surface area (Å²) in [6.45, 7) is 0. The summed E-state index contributed by atoms with van der Waals surface area (Å²) in [6.07, 6.45) is 0. The molecule has 0 bridgehead atoms. The number of hydrogen-bond acceptors (Lipinski definition) is 4. The van der Waals surface area contributed by atoms with Crippen LogP contribution in [0.3, 0.4) is 0 Å². The fourth-order valence-corrected chi connectivity index (χ4v) is 2.08. The Morgan fingerprint density at radius 2 is 2.38 bits per heavy atom. The summed E-state index contributed by atoms with van der Waals surface area (Å²) >= 11 is 4.98. The zero-order valence-electron chi connectivity index (χ0n) is 6.86. The first-order valence-electron chi connectivity index (χ1n) is 3.58. The monoisotopic (exact) mass is 258 g/mol. The second-order valence-corrected chi connectivity index (χ2v) is 4.85. The van der Waals surface area contributed by atoms with E-state index >= 15 is 0 Å². The van der Waals surface area contributed by atoms with Gasteiger partial charge in [-0.2, -0.15) is 4.98 Å². The number of aromatic nitrogens is 3. The van der Waals surface area contributed by atoms with Crippen molar-refractivity contribution in [2.24, 2.45) is 7.05 Å². The molecule has 0 spiro atoms. The van der Waals surface area contributed by atoms with Crippen LogP contribution in [0.15, 0.2) is 15.2 Å². The molecule has 0 fully saturated rings. The number of halogens is 1. The number of hydrogen-bond donors (Lipinski definition) is 1. The third-order valence-corrected chi connectivity index (χ3v) is 3.13. The van der Waals surface area contributed by atoms with Gasteiger partial charge in [0.1, 0.15) is 0 Å². The van der Waals surface area contributed by atoms with E-state index in [2.05, 4.69) is 26.0 Å². The first-order chi connectivity index (χ1) is 6.16. The van der Waals surface area contributed by atoms with Crippen LogP contribution < -0.4 is 5.73 Å². The maximum absolute atomic E-state index is 5.57. The topological polar surface area (TPSA) is 56.7 Å². The van der Waals surface area contributed by atoms with E-state index in [1.165, 1.54) is 0 Å². The van der Waals surface area contributed by atoms with Crippen molar-refractivity contribution in [2.45, 2.75) is 0 Å². The summed E-state index contributed by atoms with van der Waals surface area (Å²) < 4.78 is 2.62. The number of nitrogens with two attached hydrogens (primary N) is 1. The van der Waals surface area contributed by atoms with Gasteiger partial charge in [0, 0.05) is 18.0 Å². The average molecular weight is 259 g/mol. The fraction of sp³-hybridized carbons (Fsp3) is 0.143. The fourth-order valence-electron chi connectivity index (χ4n) is 0.946. The summed E-state index contributed by atoms with van der Waals surface area (Å²) in [5, 5.41) is 6.15. The molecule has 0 amide bonds. The molecule has 6 heteroatoms. The minimum absolute atomic E-state index is 0.428. The van der Waals surface area contributed by atoms with Gasteiger partial charge >= 0.3 is 0 Å². The molecule has 2 aromatic rings. The summed E-state index contributed by atoms with van der Waals surface area (Å²) in [6, 6.07) is 1.97. The Hall–Kier alpha value is -0.880. The summed E-state index contributed by atoms with van der Waals surface area (Å²) in [4.78, 5) is 4.11. The first-order valence-corrected chi connectivity index (χ1v) is 5.25. The van der Waals surface area contributed by atoms with Gasteiger partial charge in [0.2, 0.25) is 5.95 Å². The van der Waals surface area contributed by atoms with Crippen LogP contribution >= 0.6 is 27.3 Å². The van der Waals surface area contributed by atoms with Crippen molar-refractivity contribution >= 4 is 33.2 Å². The second-order valence-electron chi connectivity index (χ2n) is 2.56. The lowest BCUT2D eigenvalue weighted by Gasteiger charge is -1.85. The maximum Gasteiger partial charge on any atom is 0.218 e. The molecule has 0 aliphatic heterocycles. The van der Waals surface area contributed by atoms with E-state index in [-0.39, 0.29) is 0 Å². The van der Waals surface area contributed by atoms with E-state index < -0.39 is 0 Å². The molecule has 0 unspecified atom stereocenters. The number of anilines is 1. The quantitative estimate of drug-likeness (QED) is 0.850. The standard InChI is InChI=1S/C7H7BrN4S/c1-12-7(9)10-6(11-12)4-2-5(8)13-3-4/h2-3H,1H3,(H2,9,10,11). The second kappa shape index (κ2) is 3.12. The SMILES string of the molecule is Cn1nc(-c2csc(Br)c2)nc1N.